The van der Waals surface area contributed by atoms with Crippen LogP contribution < -0.4 is 0 Å². The SMILES string of the molecule is COC1CCN(S(=O)(=O)c2ccc(CO)cc2Br)CC1. The highest BCUT2D eigenvalue weighted by atomic mass is 79.9. The third-order valence-corrected chi connectivity index (χ3v) is 6.41. The third kappa shape index (κ3) is 3.23. The van der Waals surface area contributed by atoms with Gasteiger partial charge < -0.3 is 9.84 Å². The minimum atomic E-state index is -3.50. The summed E-state index contributed by atoms with van der Waals surface area (Å²) in [5, 5.41) is 9.07. The summed E-state index contributed by atoms with van der Waals surface area (Å²) in [6.45, 7) is 0.822. The number of ether oxygens (including phenoxy) is 1. The zero-order valence-electron chi connectivity index (χ0n) is 11.3. The zero-order chi connectivity index (χ0) is 14.8. The van der Waals surface area contributed by atoms with Gasteiger partial charge in [0.1, 0.15) is 0 Å². The number of piperidine rings is 1. The lowest BCUT2D eigenvalue weighted by Crippen LogP contribution is -2.40. The molecule has 1 saturated heterocycles. The molecular formula is C13H18BrNO4S. The van der Waals surface area contributed by atoms with Crippen LogP contribution in [0.1, 0.15) is 18.4 Å². The van der Waals surface area contributed by atoms with E-state index in [2.05, 4.69) is 15.9 Å². The number of nitrogens with zero attached hydrogens (tertiary/aromatic N) is 1. The highest BCUT2D eigenvalue weighted by Gasteiger charge is 2.30. The van der Waals surface area contributed by atoms with Crippen LogP contribution >= 0.6 is 15.9 Å². The van der Waals surface area contributed by atoms with Crippen molar-refractivity contribution in [1.29, 1.82) is 0 Å². The molecule has 1 fully saturated rings. The molecule has 1 N–H and O–H groups in total. The molecule has 20 heavy (non-hydrogen) atoms. The van der Waals surface area contributed by atoms with Crippen molar-refractivity contribution in [2.75, 3.05) is 20.2 Å². The van der Waals surface area contributed by atoms with Gasteiger partial charge in [0, 0.05) is 24.7 Å². The standard InChI is InChI=1S/C13H18BrNO4S/c1-19-11-4-6-15(7-5-11)20(17,18)13-3-2-10(9-16)8-12(13)14/h2-3,8,11,16H,4-7,9H2,1H3. The van der Waals surface area contributed by atoms with Crippen molar-refractivity contribution in [3.05, 3.63) is 28.2 Å². The van der Waals surface area contributed by atoms with Crippen molar-refractivity contribution >= 4 is 26.0 Å². The van der Waals surface area contributed by atoms with Crippen molar-refractivity contribution in [1.82, 2.24) is 4.31 Å². The molecule has 2 rings (SSSR count). The van der Waals surface area contributed by atoms with Crippen molar-refractivity contribution in [3.8, 4) is 0 Å². The van der Waals surface area contributed by atoms with Crippen LogP contribution in [0.3, 0.4) is 0 Å². The summed E-state index contributed by atoms with van der Waals surface area (Å²) in [5.74, 6) is 0. The van der Waals surface area contributed by atoms with Gasteiger partial charge in [-0.15, -0.1) is 0 Å². The summed E-state index contributed by atoms with van der Waals surface area (Å²) in [5.41, 5.74) is 0.675. The summed E-state index contributed by atoms with van der Waals surface area (Å²) >= 11 is 3.27. The Hall–Kier alpha value is -0.470. The van der Waals surface area contributed by atoms with Crippen LogP contribution in [0.25, 0.3) is 0 Å². The second-order valence-electron chi connectivity index (χ2n) is 4.76. The van der Waals surface area contributed by atoms with E-state index in [-0.39, 0.29) is 17.6 Å². The third-order valence-electron chi connectivity index (χ3n) is 3.53. The maximum atomic E-state index is 12.6. The molecular weight excluding hydrogens is 346 g/mol. The Labute approximate surface area is 127 Å². The predicted octanol–water partition coefficient (Wildman–Crippen LogP) is 1.74. The van der Waals surface area contributed by atoms with Gasteiger partial charge in [-0.3, -0.25) is 0 Å². The number of hydrogen-bond donors (Lipinski definition) is 1. The van der Waals surface area contributed by atoms with Gasteiger partial charge in [0.2, 0.25) is 10.0 Å². The quantitative estimate of drug-likeness (QED) is 0.884. The number of rotatable bonds is 4. The van der Waals surface area contributed by atoms with E-state index in [1.54, 1.807) is 19.2 Å². The van der Waals surface area contributed by atoms with E-state index in [9.17, 15) is 8.42 Å². The van der Waals surface area contributed by atoms with E-state index >= 15 is 0 Å². The molecule has 0 atom stereocenters. The van der Waals surface area contributed by atoms with Crippen molar-refractivity contribution < 1.29 is 18.3 Å². The van der Waals surface area contributed by atoms with Crippen molar-refractivity contribution in [2.24, 2.45) is 0 Å². The Morgan fingerprint density at radius 3 is 2.55 bits per heavy atom. The molecule has 0 aliphatic carbocycles. The summed E-state index contributed by atoms with van der Waals surface area (Å²) < 4.78 is 32.4. The Morgan fingerprint density at radius 1 is 1.40 bits per heavy atom. The zero-order valence-corrected chi connectivity index (χ0v) is 13.7. The molecule has 0 spiro atoms. The fourth-order valence-corrected chi connectivity index (χ4v) is 4.85. The molecule has 112 valence electrons. The van der Waals surface area contributed by atoms with E-state index in [1.165, 1.54) is 10.4 Å². The first-order chi connectivity index (χ1) is 9.48. The minimum Gasteiger partial charge on any atom is -0.392 e. The number of aliphatic hydroxyl groups excluding tert-OH is 1. The van der Waals surface area contributed by atoms with Gasteiger partial charge in [-0.1, -0.05) is 6.07 Å². The van der Waals surface area contributed by atoms with Crippen molar-refractivity contribution in [2.45, 2.75) is 30.4 Å². The van der Waals surface area contributed by atoms with E-state index in [0.717, 1.165) is 0 Å². The first-order valence-electron chi connectivity index (χ1n) is 6.41. The van der Waals surface area contributed by atoms with Crippen LogP contribution in [0.5, 0.6) is 0 Å². The molecule has 5 nitrogen and oxygen atoms in total. The average molecular weight is 364 g/mol. The Balaban J connectivity index is 2.23. The van der Waals surface area contributed by atoms with Gasteiger partial charge in [-0.2, -0.15) is 4.31 Å². The molecule has 1 aromatic rings. The van der Waals surface area contributed by atoms with Crippen molar-refractivity contribution in [3.63, 3.8) is 0 Å². The molecule has 7 heteroatoms. The molecule has 0 unspecified atom stereocenters. The second kappa shape index (κ2) is 6.53. The number of sulfonamides is 1. The summed E-state index contributed by atoms with van der Waals surface area (Å²) in [6, 6.07) is 4.79. The Kier molecular flexibility index (Phi) is 5.19. The molecule has 0 aromatic heterocycles. The number of hydrogen-bond acceptors (Lipinski definition) is 4. The number of methoxy groups -OCH3 is 1. The molecule has 0 saturated carbocycles. The first-order valence-corrected chi connectivity index (χ1v) is 8.64. The lowest BCUT2D eigenvalue weighted by Gasteiger charge is -2.30. The Morgan fingerprint density at radius 2 is 2.05 bits per heavy atom. The first kappa shape index (κ1) is 15.9. The summed E-state index contributed by atoms with van der Waals surface area (Å²) in [7, 11) is -1.85. The maximum absolute atomic E-state index is 12.6. The number of aliphatic hydroxyl groups is 1. The average Bonchev–Trinajstić information content (AvgIpc) is 2.46. The molecule has 1 aliphatic heterocycles. The predicted molar refractivity (Wildman–Crippen MR) is 78.9 cm³/mol. The molecule has 1 aliphatic rings. The monoisotopic (exact) mass is 363 g/mol. The van der Waals surface area contributed by atoms with Gasteiger partial charge in [0.25, 0.3) is 0 Å². The topological polar surface area (TPSA) is 66.8 Å². The van der Waals surface area contributed by atoms with E-state index in [4.69, 9.17) is 9.84 Å². The molecule has 1 heterocycles. The van der Waals surface area contributed by atoms with E-state index in [0.29, 0.717) is 36.0 Å². The van der Waals surface area contributed by atoms with Crippen LogP contribution in [-0.4, -0.2) is 44.1 Å². The second-order valence-corrected chi connectivity index (χ2v) is 7.52. The summed E-state index contributed by atoms with van der Waals surface area (Å²) in [6.07, 6.45) is 1.56. The lowest BCUT2D eigenvalue weighted by molar-refractivity contribution is 0.0604. The van der Waals surface area contributed by atoms with Crippen LogP contribution in [0, 0.1) is 0 Å². The summed E-state index contributed by atoms with van der Waals surface area (Å²) in [4.78, 5) is 0.241. The van der Waals surface area contributed by atoms with Gasteiger partial charge in [-0.25, -0.2) is 8.42 Å². The van der Waals surface area contributed by atoms with Gasteiger partial charge in [-0.05, 0) is 46.5 Å². The van der Waals surface area contributed by atoms with Crippen LogP contribution in [0.15, 0.2) is 27.6 Å². The van der Waals surface area contributed by atoms with Crippen LogP contribution in [-0.2, 0) is 21.4 Å². The van der Waals surface area contributed by atoms with Gasteiger partial charge >= 0.3 is 0 Å². The molecule has 1 aromatic carbocycles. The van der Waals surface area contributed by atoms with Crippen LogP contribution in [0.2, 0.25) is 0 Å². The Bertz CT molecular complexity index is 568. The highest BCUT2D eigenvalue weighted by molar-refractivity contribution is 9.10. The fourth-order valence-electron chi connectivity index (χ4n) is 2.30. The molecule has 0 amide bonds. The lowest BCUT2D eigenvalue weighted by atomic mass is 10.1. The largest absolute Gasteiger partial charge is 0.392 e. The highest BCUT2D eigenvalue weighted by Crippen LogP contribution is 2.28. The smallest absolute Gasteiger partial charge is 0.244 e. The fraction of sp³-hybridized carbons (Fsp3) is 0.538. The normalized spacial score (nSPS) is 18.4. The minimum absolute atomic E-state index is 0.113. The van der Waals surface area contributed by atoms with E-state index < -0.39 is 10.0 Å². The number of halogens is 1. The van der Waals surface area contributed by atoms with Crippen LogP contribution in [0.4, 0.5) is 0 Å². The van der Waals surface area contributed by atoms with Gasteiger partial charge in [0.05, 0.1) is 17.6 Å². The maximum Gasteiger partial charge on any atom is 0.244 e. The number of benzene rings is 1. The van der Waals surface area contributed by atoms with E-state index in [1.807, 2.05) is 0 Å². The molecule has 0 radical (unpaired) electrons. The molecule has 0 bridgehead atoms. The van der Waals surface area contributed by atoms with Gasteiger partial charge in [0.15, 0.2) is 0 Å².